The summed E-state index contributed by atoms with van der Waals surface area (Å²) in [5.74, 6) is 1.06. The Labute approximate surface area is 176 Å². The molecule has 0 aliphatic rings. The van der Waals surface area contributed by atoms with Crippen molar-refractivity contribution >= 4 is 34.1 Å². The fourth-order valence-corrected chi connectivity index (χ4v) is 4.35. The van der Waals surface area contributed by atoms with Gasteiger partial charge in [-0.2, -0.15) is 0 Å². The number of carbonyl (C=O) groups excluding carboxylic acids is 1. The second-order valence-electron chi connectivity index (χ2n) is 6.36. The second kappa shape index (κ2) is 8.22. The lowest BCUT2D eigenvalue weighted by molar-refractivity contribution is -0.115. The highest BCUT2D eigenvalue weighted by molar-refractivity contribution is 8.00. The molecule has 0 spiro atoms. The zero-order valence-electron chi connectivity index (χ0n) is 16.1. The first-order chi connectivity index (χ1) is 14.0. The van der Waals surface area contributed by atoms with Crippen LogP contribution in [0.4, 0.5) is 5.13 Å². The SMILES string of the molecule is Cc1nc(NC(=O)[C@H](C)Sc2nnc(-c3ccco3)n2-c2ccccc2)sc1C. The number of nitrogens with zero attached hydrogens (tertiary/aromatic N) is 4. The van der Waals surface area contributed by atoms with E-state index in [0.29, 0.717) is 21.9 Å². The third-order valence-corrected chi connectivity index (χ3v) is 6.33. The molecule has 7 nitrogen and oxygen atoms in total. The number of hydrogen-bond acceptors (Lipinski definition) is 7. The maximum absolute atomic E-state index is 12.7. The number of aryl methyl sites for hydroxylation is 2. The van der Waals surface area contributed by atoms with Crippen LogP contribution in [-0.2, 0) is 4.79 Å². The highest BCUT2D eigenvalue weighted by Crippen LogP contribution is 2.31. The number of anilines is 1. The van der Waals surface area contributed by atoms with E-state index in [-0.39, 0.29) is 5.91 Å². The monoisotopic (exact) mass is 425 g/mol. The van der Waals surface area contributed by atoms with Crippen LogP contribution in [0.5, 0.6) is 0 Å². The van der Waals surface area contributed by atoms with Crippen molar-refractivity contribution in [2.45, 2.75) is 31.2 Å². The third kappa shape index (κ3) is 4.10. The summed E-state index contributed by atoms with van der Waals surface area (Å²) >= 11 is 2.80. The van der Waals surface area contributed by atoms with Crippen molar-refractivity contribution in [3.63, 3.8) is 0 Å². The molecule has 1 aromatic carbocycles. The Balaban J connectivity index is 1.60. The van der Waals surface area contributed by atoms with Gasteiger partial charge in [0.2, 0.25) is 11.7 Å². The van der Waals surface area contributed by atoms with Crippen LogP contribution in [0.3, 0.4) is 0 Å². The van der Waals surface area contributed by atoms with Gasteiger partial charge in [0.1, 0.15) is 0 Å². The van der Waals surface area contributed by atoms with Gasteiger partial charge >= 0.3 is 0 Å². The molecule has 0 bridgehead atoms. The van der Waals surface area contributed by atoms with Crippen LogP contribution in [0.2, 0.25) is 0 Å². The van der Waals surface area contributed by atoms with E-state index in [1.165, 1.54) is 23.1 Å². The van der Waals surface area contributed by atoms with Crippen molar-refractivity contribution in [1.29, 1.82) is 0 Å². The van der Waals surface area contributed by atoms with E-state index in [0.717, 1.165) is 16.3 Å². The molecule has 0 saturated heterocycles. The molecule has 0 saturated carbocycles. The number of thiazole rings is 1. The molecule has 0 aliphatic heterocycles. The average molecular weight is 426 g/mol. The minimum Gasteiger partial charge on any atom is -0.461 e. The summed E-state index contributed by atoms with van der Waals surface area (Å²) in [6.45, 7) is 5.75. The summed E-state index contributed by atoms with van der Waals surface area (Å²) in [6, 6.07) is 13.4. The van der Waals surface area contributed by atoms with Gasteiger partial charge in [-0.05, 0) is 45.0 Å². The molecule has 1 amide bonds. The van der Waals surface area contributed by atoms with E-state index in [1.807, 2.05) is 61.7 Å². The van der Waals surface area contributed by atoms with Gasteiger partial charge in [-0.25, -0.2) is 4.98 Å². The molecule has 4 aromatic rings. The smallest absolute Gasteiger partial charge is 0.239 e. The number of hydrogen-bond donors (Lipinski definition) is 1. The van der Waals surface area contributed by atoms with Crippen molar-refractivity contribution in [3.8, 4) is 17.3 Å². The number of benzene rings is 1. The molecule has 0 fully saturated rings. The van der Waals surface area contributed by atoms with Crippen LogP contribution in [0.15, 0.2) is 58.3 Å². The Morgan fingerprint density at radius 1 is 1.17 bits per heavy atom. The van der Waals surface area contributed by atoms with Crippen LogP contribution in [0, 0.1) is 13.8 Å². The molecular formula is C20H19N5O2S2. The van der Waals surface area contributed by atoms with Gasteiger partial charge in [0.15, 0.2) is 16.0 Å². The number of amides is 1. The van der Waals surface area contributed by atoms with Gasteiger partial charge in [-0.3, -0.25) is 9.36 Å². The molecule has 4 rings (SSSR count). The highest BCUT2D eigenvalue weighted by atomic mass is 32.2. The van der Waals surface area contributed by atoms with Crippen LogP contribution in [-0.4, -0.2) is 30.9 Å². The number of rotatable bonds is 6. The first kappa shape index (κ1) is 19.4. The Bertz CT molecular complexity index is 1100. The maximum atomic E-state index is 12.7. The summed E-state index contributed by atoms with van der Waals surface area (Å²) in [4.78, 5) is 18.1. The van der Waals surface area contributed by atoms with Crippen LogP contribution in [0.1, 0.15) is 17.5 Å². The molecule has 1 atom stereocenters. The Morgan fingerprint density at radius 2 is 1.97 bits per heavy atom. The number of thioether (sulfide) groups is 1. The van der Waals surface area contributed by atoms with Crippen LogP contribution in [0.25, 0.3) is 17.3 Å². The highest BCUT2D eigenvalue weighted by Gasteiger charge is 2.23. The molecule has 3 heterocycles. The fourth-order valence-electron chi connectivity index (χ4n) is 2.67. The van der Waals surface area contributed by atoms with E-state index >= 15 is 0 Å². The van der Waals surface area contributed by atoms with Crippen molar-refractivity contribution in [1.82, 2.24) is 19.7 Å². The largest absolute Gasteiger partial charge is 0.461 e. The standard InChI is InChI=1S/C20H19N5O2S2/c1-12-13(2)28-19(21-12)22-18(26)14(3)29-20-24-23-17(16-10-7-11-27-16)25(20)15-8-5-4-6-9-15/h4-11,14H,1-3H3,(H,21,22,26)/t14-/m0/s1. The molecule has 1 N–H and O–H groups in total. The molecule has 3 aromatic heterocycles. The first-order valence-corrected chi connectivity index (χ1v) is 10.7. The number of aromatic nitrogens is 4. The van der Waals surface area contributed by atoms with E-state index in [1.54, 1.807) is 12.3 Å². The number of carbonyl (C=O) groups is 1. The van der Waals surface area contributed by atoms with Crippen molar-refractivity contribution in [2.24, 2.45) is 0 Å². The summed E-state index contributed by atoms with van der Waals surface area (Å²) in [7, 11) is 0. The normalized spacial score (nSPS) is 12.1. The van der Waals surface area contributed by atoms with Gasteiger partial charge in [-0.1, -0.05) is 30.0 Å². The molecule has 0 radical (unpaired) electrons. The number of nitrogens with one attached hydrogen (secondary N) is 1. The Kier molecular flexibility index (Phi) is 5.50. The van der Waals surface area contributed by atoms with Gasteiger partial charge in [-0.15, -0.1) is 21.5 Å². The number of furan rings is 1. The molecule has 9 heteroatoms. The van der Waals surface area contributed by atoms with Crippen molar-refractivity contribution in [2.75, 3.05) is 5.32 Å². The Morgan fingerprint density at radius 3 is 2.62 bits per heavy atom. The average Bonchev–Trinajstić information content (AvgIpc) is 3.43. The third-order valence-electron chi connectivity index (χ3n) is 4.30. The van der Waals surface area contributed by atoms with Crippen molar-refractivity contribution < 1.29 is 9.21 Å². The molecule has 0 unspecified atom stereocenters. The van der Waals surface area contributed by atoms with Gasteiger partial charge < -0.3 is 9.73 Å². The van der Waals surface area contributed by atoms with E-state index < -0.39 is 5.25 Å². The maximum Gasteiger partial charge on any atom is 0.239 e. The predicted molar refractivity (Wildman–Crippen MR) is 115 cm³/mol. The quantitative estimate of drug-likeness (QED) is 0.450. The van der Waals surface area contributed by atoms with E-state index in [2.05, 4.69) is 20.5 Å². The summed E-state index contributed by atoms with van der Waals surface area (Å²) in [6.07, 6.45) is 1.60. The summed E-state index contributed by atoms with van der Waals surface area (Å²) < 4.78 is 7.42. The zero-order valence-corrected chi connectivity index (χ0v) is 17.8. The predicted octanol–water partition coefficient (Wildman–Crippen LogP) is 4.72. The molecule has 0 aliphatic carbocycles. The summed E-state index contributed by atoms with van der Waals surface area (Å²) in [5.41, 5.74) is 1.82. The first-order valence-electron chi connectivity index (χ1n) is 8.99. The van der Waals surface area contributed by atoms with Gasteiger partial charge in [0.25, 0.3) is 0 Å². The van der Waals surface area contributed by atoms with E-state index in [4.69, 9.17) is 4.42 Å². The number of para-hydroxylation sites is 1. The lowest BCUT2D eigenvalue weighted by Gasteiger charge is -2.12. The zero-order chi connectivity index (χ0) is 20.4. The lowest BCUT2D eigenvalue weighted by Crippen LogP contribution is -2.22. The fraction of sp³-hybridized carbons (Fsp3) is 0.200. The lowest BCUT2D eigenvalue weighted by atomic mass is 10.3. The van der Waals surface area contributed by atoms with Crippen LogP contribution < -0.4 is 5.32 Å². The molecule has 29 heavy (non-hydrogen) atoms. The minimum atomic E-state index is -0.393. The molecule has 148 valence electrons. The van der Waals surface area contributed by atoms with Crippen molar-refractivity contribution in [3.05, 3.63) is 59.3 Å². The second-order valence-corrected chi connectivity index (χ2v) is 8.88. The minimum absolute atomic E-state index is 0.133. The van der Waals surface area contributed by atoms with Gasteiger partial charge in [0, 0.05) is 10.6 Å². The topological polar surface area (TPSA) is 85.8 Å². The van der Waals surface area contributed by atoms with Crippen LogP contribution >= 0.6 is 23.1 Å². The summed E-state index contributed by atoms with van der Waals surface area (Å²) in [5, 5.41) is 12.3. The van der Waals surface area contributed by atoms with E-state index in [9.17, 15) is 4.79 Å². The Hall–Kier alpha value is -2.91. The molecular weight excluding hydrogens is 406 g/mol. The van der Waals surface area contributed by atoms with Gasteiger partial charge in [0.05, 0.1) is 17.2 Å².